The third-order valence-corrected chi connectivity index (χ3v) is 9.81. The van der Waals surface area contributed by atoms with Gasteiger partial charge in [-0.15, -0.1) is 0 Å². The number of phenolic OH excluding ortho intramolecular Hbond substituents is 1. The summed E-state index contributed by atoms with van der Waals surface area (Å²) in [5.74, 6) is 1.07. The highest BCUT2D eigenvalue weighted by Gasteiger charge is 2.24. The lowest BCUT2D eigenvalue weighted by atomic mass is 9.83. The molecular weight excluding hydrogens is 671 g/mol. The molecule has 0 aliphatic carbocycles. The van der Waals surface area contributed by atoms with E-state index < -0.39 is 54.2 Å². The SMILES string of the molecule is [2H]c1nc(-c2cc(-c3cccc4c3nc(-c3ccccc3O)n4-c3ccc(CC(C)C)cc3-c3ccccc3)cc(C(C)(C)C)c2)cc(-c2c([2H])c([2H])c(C([2H])([2H])[2H])c([2H])c2[2H])c1[2H]. The van der Waals surface area contributed by atoms with Gasteiger partial charge in [0.2, 0.25) is 0 Å². The van der Waals surface area contributed by atoms with Crippen LogP contribution in [0.25, 0.3) is 72.7 Å². The first-order valence-corrected chi connectivity index (χ1v) is 18.5. The normalized spacial score (nSPS) is 14.3. The second-order valence-electron chi connectivity index (χ2n) is 15.4. The van der Waals surface area contributed by atoms with Gasteiger partial charge in [-0.2, -0.15) is 0 Å². The summed E-state index contributed by atoms with van der Waals surface area (Å²) in [5.41, 5.74) is 7.98. The van der Waals surface area contributed by atoms with Crippen molar-refractivity contribution >= 4 is 11.0 Å². The van der Waals surface area contributed by atoms with Crippen LogP contribution in [0.3, 0.4) is 0 Å². The topological polar surface area (TPSA) is 50.9 Å². The molecule has 0 spiro atoms. The van der Waals surface area contributed by atoms with Crippen molar-refractivity contribution in [3.63, 3.8) is 0 Å². The Kier molecular flexibility index (Phi) is 7.00. The number of hydrogen-bond acceptors (Lipinski definition) is 3. The van der Waals surface area contributed by atoms with Crippen LogP contribution in [-0.2, 0) is 11.8 Å². The van der Waals surface area contributed by atoms with Gasteiger partial charge in [0, 0.05) is 27.0 Å². The maximum atomic E-state index is 11.4. The van der Waals surface area contributed by atoms with Crippen LogP contribution in [0.15, 0.2) is 152 Å². The molecule has 0 radical (unpaired) electrons. The summed E-state index contributed by atoms with van der Waals surface area (Å²) in [5, 5.41) is 11.4. The van der Waals surface area contributed by atoms with E-state index in [1.807, 2.05) is 60.7 Å². The number of nitrogens with zero attached hydrogens (tertiary/aromatic N) is 3. The summed E-state index contributed by atoms with van der Waals surface area (Å²) in [7, 11) is 0. The number of benzene rings is 6. The molecule has 0 atom stereocenters. The van der Waals surface area contributed by atoms with E-state index in [-0.39, 0.29) is 22.6 Å². The lowest BCUT2D eigenvalue weighted by molar-refractivity contribution is 0.477. The molecule has 1 N–H and O–H groups in total. The van der Waals surface area contributed by atoms with E-state index in [9.17, 15) is 5.11 Å². The van der Waals surface area contributed by atoms with E-state index in [4.69, 9.17) is 17.3 Å². The van der Waals surface area contributed by atoms with Gasteiger partial charge >= 0.3 is 0 Å². The summed E-state index contributed by atoms with van der Waals surface area (Å²) >= 11 is 0. The largest absolute Gasteiger partial charge is 0.507 e. The Hall–Kier alpha value is -6.26. The molecule has 0 bridgehead atoms. The molecule has 0 saturated carbocycles. The third kappa shape index (κ3) is 7.20. The highest BCUT2D eigenvalue weighted by Crippen LogP contribution is 2.42. The van der Waals surface area contributed by atoms with Gasteiger partial charge in [0.15, 0.2) is 0 Å². The predicted octanol–water partition coefficient (Wildman–Crippen LogP) is 13.3. The number of fused-ring (bicyclic) bond motifs is 1. The molecule has 2 aromatic heterocycles. The second-order valence-corrected chi connectivity index (χ2v) is 15.4. The predicted molar refractivity (Wildman–Crippen MR) is 230 cm³/mol. The first-order chi connectivity index (χ1) is 30.2. The van der Waals surface area contributed by atoms with E-state index in [0.29, 0.717) is 28.4 Å². The van der Waals surface area contributed by atoms with Gasteiger partial charge in [-0.25, -0.2) is 4.98 Å². The average Bonchev–Trinajstić information content (AvgIpc) is 3.63. The fraction of sp³-hybridized carbons (Fsp3) is 0.176. The number of imidazole rings is 1. The molecule has 0 aliphatic rings. The minimum Gasteiger partial charge on any atom is -0.507 e. The first-order valence-electron chi connectivity index (χ1n) is 23.0. The van der Waals surface area contributed by atoms with Crippen molar-refractivity contribution in [3.8, 4) is 67.5 Å². The van der Waals surface area contributed by atoms with Crippen molar-refractivity contribution in [1.82, 2.24) is 14.5 Å². The van der Waals surface area contributed by atoms with E-state index in [2.05, 4.69) is 80.6 Å². The smallest absolute Gasteiger partial charge is 0.149 e. The van der Waals surface area contributed by atoms with Crippen molar-refractivity contribution in [3.05, 3.63) is 168 Å². The number of phenols is 1. The zero-order valence-electron chi connectivity index (χ0n) is 40.5. The van der Waals surface area contributed by atoms with Crippen LogP contribution >= 0.6 is 0 Å². The summed E-state index contributed by atoms with van der Waals surface area (Å²) in [4.78, 5) is 9.86. The van der Waals surface area contributed by atoms with Crippen molar-refractivity contribution in [2.75, 3.05) is 0 Å². The number of aromatic nitrogens is 3. The number of rotatable bonds is 8. The zero-order chi connectivity index (χ0) is 46.0. The number of aromatic hydroxyl groups is 1. The number of para-hydroxylation sites is 2. The highest BCUT2D eigenvalue weighted by molar-refractivity contribution is 5.97. The second kappa shape index (κ2) is 14.5. The van der Waals surface area contributed by atoms with Crippen LogP contribution in [-0.4, -0.2) is 19.6 Å². The van der Waals surface area contributed by atoms with Crippen LogP contribution < -0.4 is 0 Å². The highest BCUT2D eigenvalue weighted by atomic mass is 16.3. The lowest BCUT2D eigenvalue weighted by Gasteiger charge is -2.22. The number of hydrogen-bond donors (Lipinski definition) is 1. The van der Waals surface area contributed by atoms with Crippen molar-refractivity contribution in [2.24, 2.45) is 5.92 Å². The van der Waals surface area contributed by atoms with Crippen LogP contribution in [0.4, 0.5) is 0 Å². The monoisotopic (exact) mass is 726 g/mol. The van der Waals surface area contributed by atoms with Gasteiger partial charge in [-0.05, 0) is 113 Å². The molecule has 0 fully saturated rings. The minimum absolute atomic E-state index is 0.0754. The van der Waals surface area contributed by atoms with Gasteiger partial charge in [0.05, 0.1) is 36.2 Å². The van der Waals surface area contributed by atoms with Gasteiger partial charge in [-0.1, -0.05) is 131 Å². The molecule has 272 valence electrons. The maximum Gasteiger partial charge on any atom is 0.149 e. The molecule has 55 heavy (non-hydrogen) atoms. The number of pyridine rings is 1. The van der Waals surface area contributed by atoms with Crippen LogP contribution in [0.2, 0.25) is 0 Å². The summed E-state index contributed by atoms with van der Waals surface area (Å²) in [6.45, 7) is 7.73. The van der Waals surface area contributed by atoms with Gasteiger partial charge in [-0.3, -0.25) is 9.55 Å². The molecule has 4 nitrogen and oxygen atoms in total. The Bertz CT molecular complexity index is 3080. The zero-order valence-corrected chi connectivity index (χ0v) is 31.5. The van der Waals surface area contributed by atoms with Gasteiger partial charge in [0.25, 0.3) is 0 Å². The molecule has 0 saturated heterocycles. The molecule has 6 aromatic carbocycles. The fourth-order valence-corrected chi connectivity index (χ4v) is 7.09. The van der Waals surface area contributed by atoms with E-state index in [0.717, 1.165) is 45.4 Å². The van der Waals surface area contributed by atoms with Crippen molar-refractivity contribution in [2.45, 2.75) is 53.3 Å². The Morgan fingerprint density at radius 3 is 2.18 bits per heavy atom. The first kappa shape index (κ1) is 26.5. The van der Waals surface area contributed by atoms with E-state index >= 15 is 0 Å². The Morgan fingerprint density at radius 2 is 1.44 bits per heavy atom. The van der Waals surface area contributed by atoms with Gasteiger partial charge in [0.1, 0.15) is 11.6 Å². The average molecular weight is 727 g/mol. The van der Waals surface area contributed by atoms with Gasteiger partial charge < -0.3 is 5.11 Å². The van der Waals surface area contributed by atoms with E-state index in [1.54, 1.807) is 12.1 Å². The van der Waals surface area contributed by atoms with E-state index in [1.165, 1.54) is 11.6 Å². The Morgan fingerprint density at radius 1 is 0.691 bits per heavy atom. The summed E-state index contributed by atoms with van der Waals surface area (Å²) in [6.07, 6.45) is 0.451. The molecule has 8 rings (SSSR count). The molecule has 8 aromatic rings. The molecule has 0 aliphatic heterocycles. The quantitative estimate of drug-likeness (QED) is 0.170. The summed E-state index contributed by atoms with van der Waals surface area (Å²) < 4.78 is 78.0. The van der Waals surface area contributed by atoms with Crippen molar-refractivity contribution < 1.29 is 17.4 Å². The molecule has 0 amide bonds. The molecule has 2 heterocycles. The Balaban J connectivity index is 1.39. The minimum atomic E-state index is -2.90. The van der Waals surface area contributed by atoms with Crippen LogP contribution in [0.1, 0.15) is 63.6 Å². The fourth-order valence-electron chi connectivity index (χ4n) is 7.09. The molecular formula is C51H47N3O. The maximum absolute atomic E-state index is 11.4. The molecule has 0 unspecified atom stereocenters. The molecule has 4 heteroatoms. The lowest BCUT2D eigenvalue weighted by Crippen LogP contribution is -2.11. The third-order valence-electron chi connectivity index (χ3n) is 9.81. The Labute approximate surface area is 337 Å². The van der Waals surface area contributed by atoms with Crippen LogP contribution in [0.5, 0.6) is 5.75 Å². The standard InChI is InChI=1S/C51H47N3O/c1-33(2)27-35-21-24-46(44(28-35)37-13-8-7-9-14-37)54-47-17-12-16-42(49(47)53-50(54)43-15-10-11-18-48(43)55)39-29-40(31-41(30-39)51(4,5)6)45-32-38(25-26-52-45)36-22-19-34(3)20-23-36/h7-26,28-33,55H,27H2,1-6H3/i3D3,19D,20D,22D,23D,25D,26D. The summed E-state index contributed by atoms with van der Waals surface area (Å²) in [6, 6.07) is 34.2. The van der Waals surface area contributed by atoms with Crippen molar-refractivity contribution in [1.29, 1.82) is 0 Å². The van der Waals surface area contributed by atoms with Crippen LogP contribution in [0, 0.1) is 12.8 Å².